The molecule has 0 spiro atoms. The van der Waals surface area contributed by atoms with Crippen molar-refractivity contribution in [3.8, 4) is 5.75 Å². The summed E-state index contributed by atoms with van der Waals surface area (Å²) in [5, 5.41) is 9.51. The standard InChI is InChI=1S/C23H22F3NO4S/c1-31-18-9-7-15(8-10-18)13-32-14-19(23(24,25)26)21(28)27-12-17(11-20(27)22(29)30)16-5-3-2-4-6-16/h2-11,19-20H,12-14H2,1H3,(H,29,30). The number of carboxylic acid groups (broad SMARTS) is 1. The predicted molar refractivity (Wildman–Crippen MR) is 116 cm³/mol. The summed E-state index contributed by atoms with van der Waals surface area (Å²) in [6.45, 7) is -0.185. The SMILES string of the molecule is COc1ccc(CSCC(C(=O)N2CC(c3ccccc3)=CC2C(=O)O)C(F)(F)F)cc1. The molecule has 170 valence electrons. The molecule has 1 aliphatic rings. The van der Waals surface area contributed by atoms with E-state index in [1.54, 1.807) is 54.6 Å². The van der Waals surface area contributed by atoms with Crippen molar-refractivity contribution < 1.29 is 32.6 Å². The summed E-state index contributed by atoms with van der Waals surface area (Å²) in [4.78, 5) is 25.4. The number of benzene rings is 2. The topological polar surface area (TPSA) is 66.8 Å². The molecule has 5 nitrogen and oxygen atoms in total. The maximum atomic E-state index is 13.8. The third kappa shape index (κ3) is 5.64. The molecule has 2 aromatic rings. The van der Waals surface area contributed by atoms with E-state index in [0.717, 1.165) is 22.2 Å². The molecule has 1 heterocycles. The fourth-order valence-corrected chi connectivity index (χ4v) is 4.51. The van der Waals surface area contributed by atoms with Crippen LogP contribution < -0.4 is 4.74 Å². The molecule has 0 radical (unpaired) electrons. The number of ether oxygens (including phenoxy) is 1. The molecule has 1 amide bonds. The number of alkyl halides is 3. The first-order valence-electron chi connectivity index (χ1n) is 9.77. The molecular weight excluding hydrogens is 443 g/mol. The highest BCUT2D eigenvalue weighted by molar-refractivity contribution is 7.98. The van der Waals surface area contributed by atoms with Gasteiger partial charge < -0.3 is 14.7 Å². The molecule has 2 unspecified atom stereocenters. The van der Waals surface area contributed by atoms with Crippen LogP contribution in [0.15, 0.2) is 60.7 Å². The van der Waals surface area contributed by atoms with Crippen LogP contribution in [0.4, 0.5) is 13.2 Å². The number of nitrogens with zero attached hydrogens (tertiary/aromatic N) is 1. The van der Waals surface area contributed by atoms with E-state index in [9.17, 15) is 27.9 Å². The van der Waals surface area contributed by atoms with Crippen LogP contribution in [-0.4, -0.2) is 53.5 Å². The van der Waals surface area contributed by atoms with Crippen molar-refractivity contribution in [3.63, 3.8) is 0 Å². The second-order valence-electron chi connectivity index (χ2n) is 7.26. The molecule has 9 heteroatoms. The largest absolute Gasteiger partial charge is 0.497 e. The van der Waals surface area contributed by atoms with Crippen molar-refractivity contribution in [1.29, 1.82) is 0 Å². The van der Waals surface area contributed by atoms with E-state index in [0.29, 0.717) is 16.9 Å². The number of halogens is 3. The van der Waals surface area contributed by atoms with Crippen molar-refractivity contribution in [3.05, 3.63) is 71.8 Å². The van der Waals surface area contributed by atoms with Gasteiger partial charge in [-0.05, 0) is 34.9 Å². The quantitative estimate of drug-likeness (QED) is 0.623. The normalized spacial score (nSPS) is 17.1. The van der Waals surface area contributed by atoms with Gasteiger partial charge in [0.2, 0.25) is 5.91 Å². The summed E-state index contributed by atoms with van der Waals surface area (Å²) >= 11 is 0.976. The minimum atomic E-state index is -4.79. The van der Waals surface area contributed by atoms with E-state index in [-0.39, 0.29) is 12.3 Å². The number of rotatable bonds is 8. The molecule has 0 saturated heterocycles. The van der Waals surface area contributed by atoms with Gasteiger partial charge in [-0.2, -0.15) is 24.9 Å². The Hall–Kier alpha value is -2.94. The second kappa shape index (κ2) is 10.1. The average molecular weight is 465 g/mol. The maximum Gasteiger partial charge on any atom is 0.401 e. The molecule has 0 saturated carbocycles. The molecular formula is C23H22F3NO4S. The van der Waals surface area contributed by atoms with Gasteiger partial charge in [-0.3, -0.25) is 4.79 Å². The van der Waals surface area contributed by atoms with E-state index in [4.69, 9.17) is 4.74 Å². The average Bonchev–Trinajstić information content (AvgIpc) is 3.22. The van der Waals surface area contributed by atoms with E-state index < -0.39 is 35.8 Å². The molecule has 2 aromatic carbocycles. The van der Waals surface area contributed by atoms with Gasteiger partial charge in [-0.15, -0.1) is 0 Å². The highest BCUT2D eigenvalue weighted by atomic mass is 32.2. The zero-order chi connectivity index (χ0) is 23.3. The fraction of sp³-hybridized carbons (Fsp3) is 0.304. The summed E-state index contributed by atoms with van der Waals surface area (Å²) < 4.78 is 46.3. The second-order valence-corrected chi connectivity index (χ2v) is 8.29. The van der Waals surface area contributed by atoms with Crippen LogP contribution in [-0.2, 0) is 15.3 Å². The van der Waals surface area contributed by atoms with Crippen LogP contribution in [0.2, 0.25) is 0 Å². The van der Waals surface area contributed by atoms with Gasteiger partial charge in [0.25, 0.3) is 0 Å². The van der Waals surface area contributed by atoms with E-state index >= 15 is 0 Å². The Labute approximate surface area is 187 Å². The number of carbonyl (C=O) groups is 2. The third-order valence-corrected chi connectivity index (χ3v) is 6.23. The van der Waals surface area contributed by atoms with Gasteiger partial charge >= 0.3 is 12.1 Å². The van der Waals surface area contributed by atoms with Crippen molar-refractivity contribution in [2.45, 2.75) is 18.0 Å². The minimum absolute atomic E-state index is 0.185. The first-order valence-corrected chi connectivity index (χ1v) is 10.9. The molecule has 1 N–H and O–H groups in total. The van der Waals surface area contributed by atoms with Crippen LogP contribution in [0.3, 0.4) is 0 Å². The van der Waals surface area contributed by atoms with Crippen molar-refractivity contribution >= 4 is 29.2 Å². The zero-order valence-corrected chi connectivity index (χ0v) is 18.0. The zero-order valence-electron chi connectivity index (χ0n) is 17.2. The highest BCUT2D eigenvalue weighted by Gasteiger charge is 2.49. The smallest absolute Gasteiger partial charge is 0.401 e. The summed E-state index contributed by atoms with van der Waals surface area (Å²) in [7, 11) is 1.52. The Morgan fingerprint density at radius 3 is 2.38 bits per heavy atom. The number of thioether (sulfide) groups is 1. The number of carbonyl (C=O) groups excluding carboxylic acids is 1. The summed E-state index contributed by atoms with van der Waals surface area (Å²) in [5.41, 5.74) is 1.98. The van der Waals surface area contributed by atoms with Gasteiger partial charge in [0.15, 0.2) is 0 Å². The Balaban J connectivity index is 1.72. The molecule has 0 aromatic heterocycles. The van der Waals surface area contributed by atoms with Gasteiger partial charge in [-0.1, -0.05) is 42.5 Å². The first kappa shape index (κ1) is 23.7. The Bertz CT molecular complexity index is 977. The number of hydrogen-bond acceptors (Lipinski definition) is 4. The van der Waals surface area contributed by atoms with Crippen LogP contribution in [0.5, 0.6) is 5.75 Å². The molecule has 32 heavy (non-hydrogen) atoms. The lowest BCUT2D eigenvalue weighted by Crippen LogP contribution is -2.48. The minimum Gasteiger partial charge on any atom is -0.497 e. The first-order chi connectivity index (χ1) is 15.2. The van der Waals surface area contributed by atoms with Crippen LogP contribution in [0.25, 0.3) is 5.57 Å². The molecule has 0 bridgehead atoms. The van der Waals surface area contributed by atoms with Crippen LogP contribution in [0.1, 0.15) is 11.1 Å². The van der Waals surface area contributed by atoms with Crippen LogP contribution >= 0.6 is 11.8 Å². The molecule has 3 rings (SSSR count). The fourth-order valence-electron chi connectivity index (χ4n) is 3.40. The lowest BCUT2D eigenvalue weighted by atomic mass is 10.1. The molecule has 0 fully saturated rings. The van der Waals surface area contributed by atoms with Crippen LogP contribution in [0, 0.1) is 5.92 Å². The number of carboxylic acids is 1. The summed E-state index contributed by atoms with van der Waals surface area (Å²) in [6, 6.07) is 14.2. The Morgan fingerprint density at radius 2 is 1.81 bits per heavy atom. The molecule has 0 aliphatic carbocycles. The molecule has 2 atom stereocenters. The van der Waals surface area contributed by atoms with Gasteiger partial charge in [0.1, 0.15) is 17.7 Å². The number of amides is 1. The Kier molecular flexibility index (Phi) is 7.50. The summed E-state index contributed by atoms with van der Waals surface area (Å²) in [6.07, 6.45) is -3.45. The Morgan fingerprint density at radius 1 is 1.16 bits per heavy atom. The van der Waals surface area contributed by atoms with Crippen molar-refractivity contribution in [2.24, 2.45) is 5.92 Å². The summed E-state index contributed by atoms with van der Waals surface area (Å²) in [5.74, 6) is -4.48. The maximum absolute atomic E-state index is 13.8. The number of aliphatic carboxylic acids is 1. The molecule has 1 aliphatic heterocycles. The van der Waals surface area contributed by atoms with Gasteiger partial charge in [0, 0.05) is 18.1 Å². The lowest BCUT2D eigenvalue weighted by molar-refractivity contribution is -0.186. The number of methoxy groups -OCH3 is 1. The third-order valence-electron chi connectivity index (χ3n) is 5.12. The van der Waals surface area contributed by atoms with E-state index in [1.807, 2.05) is 0 Å². The lowest BCUT2D eigenvalue weighted by Gasteiger charge is -2.28. The highest BCUT2D eigenvalue weighted by Crippen LogP contribution is 2.35. The van der Waals surface area contributed by atoms with E-state index in [1.165, 1.54) is 13.2 Å². The van der Waals surface area contributed by atoms with E-state index in [2.05, 4.69) is 0 Å². The van der Waals surface area contributed by atoms with Crippen molar-refractivity contribution in [2.75, 3.05) is 19.4 Å². The van der Waals surface area contributed by atoms with Gasteiger partial charge in [-0.25, -0.2) is 4.79 Å². The van der Waals surface area contributed by atoms with Crippen molar-refractivity contribution in [1.82, 2.24) is 4.90 Å². The monoisotopic (exact) mass is 465 g/mol. The predicted octanol–water partition coefficient (Wildman–Crippen LogP) is 4.49. The number of hydrogen-bond donors (Lipinski definition) is 1. The van der Waals surface area contributed by atoms with Gasteiger partial charge in [0.05, 0.1) is 7.11 Å².